The van der Waals surface area contributed by atoms with Gasteiger partial charge in [0, 0.05) is 56.4 Å². The number of hydrogen-bond acceptors (Lipinski definition) is 3. The van der Waals surface area contributed by atoms with Gasteiger partial charge in [0.2, 0.25) is 0 Å². The molecule has 5 nitrogen and oxygen atoms in total. The monoisotopic (exact) mass is 512 g/mol. The number of rotatable bonds is 4. The maximum atomic E-state index is 5.90. The molecule has 2 saturated heterocycles. The van der Waals surface area contributed by atoms with E-state index in [9.17, 15) is 0 Å². The number of aliphatic imine (C=N–C) groups is 1. The lowest BCUT2D eigenvalue weighted by atomic mass is 9.57. The summed E-state index contributed by atoms with van der Waals surface area (Å²) in [5.74, 6) is 2.36. The first kappa shape index (κ1) is 22.7. The molecule has 3 atom stereocenters. The van der Waals surface area contributed by atoms with Crippen molar-refractivity contribution in [1.29, 1.82) is 0 Å². The lowest BCUT2D eigenvalue weighted by Gasteiger charge is -2.54. The smallest absolute Gasteiger partial charge is 0.191 e. The Morgan fingerprint density at radius 1 is 1.17 bits per heavy atom. The number of piperidine rings is 1. The number of nitrogens with zero attached hydrogens (tertiary/aromatic N) is 2. The van der Waals surface area contributed by atoms with Gasteiger partial charge < -0.3 is 20.3 Å². The number of halogens is 1. The number of ether oxygens (including phenoxy) is 1. The quantitative estimate of drug-likeness (QED) is 0.364. The lowest BCUT2D eigenvalue weighted by Crippen LogP contribution is -2.67. The average Bonchev–Trinajstić information content (AvgIpc) is 3.16. The third kappa shape index (κ3) is 4.68. The summed E-state index contributed by atoms with van der Waals surface area (Å²) in [5, 5.41) is 7.14. The summed E-state index contributed by atoms with van der Waals surface area (Å²) in [6.07, 6.45) is 4.15. The first-order valence-corrected chi connectivity index (χ1v) is 10.9. The standard InChI is InChI=1S/C23H36N4O.HI/c1-16-9-12-27(13-10-16)18-7-5-17(6-8-18)15-25-22(24-4)26-20-19-11-14-28-21(19)23(20,2)3;/h5-8,16,19-21H,9-15H2,1-4H3,(H2,24,25,26);1H. The normalized spacial score (nSPS) is 28.9. The van der Waals surface area contributed by atoms with Crippen LogP contribution in [-0.4, -0.2) is 44.8 Å². The highest BCUT2D eigenvalue weighted by atomic mass is 127. The van der Waals surface area contributed by atoms with Crippen molar-refractivity contribution in [2.24, 2.45) is 22.2 Å². The molecule has 162 valence electrons. The minimum Gasteiger partial charge on any atom is -0.377 e. The van der Waals surface area contributed by atoms with Crippen LogP contribution < -0.4 is 15.5 Å². The van der Waals surface area contributed by atoms with Gasteiger partial charge in [-0.25, -0.2) is 0 Å². The van der Waals surface area contributed by atoms with Gasteiger partial charge in [-0.3, -0.25) is 4.99 Å². The fourth-order valence-electron chi connectivity index (χ4n) is 5.24. The van der Waals surface area contributed by atoms with Gasteiger partial charge in [-0.15, -0.1) is 24.0 Å². The van der Waals surface area contributed by atoms with E-state index in [4.69, 9.17) is 4.74 Å². The van der Waals surface area contributed by atoms with Crippen molar-refractivity contribution >= 4 is 35.6 Å². The van der Waals surface area contributed by atoms with Gasteiger partial charge in [-0.1, -0.05) is 32.9 Å². The van der Waals surface area contributed by atoms with Crippen LogP contribution in [-0.2, 0) is 11.3 Å². The Bertz CT molecular complexity index is 697. The van der Waals surface area contributed by atoms with Crippen LogP contribution in [0.15, 0.2) is 29.3 Å². The SMILES string of the molecule is CN=C(NCc1ccc(N2CCC(C)CC2)cc1)NC1C2CCOC2C1(C)C.I. The minimum atomic E-state index is 0. The molecular formula is C23H37IN4O. The Morgan fingerprint density at radius 2 is 1.86 bits per heavy atom. The fourth-order valence-corrected chi connectivity index (χ4v) is 5.24. The zero-order valence-electron chi connectivity index (χ0n) is 18.3. The van der Waals surface area contributed by atoms with Gasteiger partial charge in [0.1, 0.15) is 0 Å². The van der Waals surface area contributed by atoms with Crippen LogP contribution in [0.4, 0.5) is 5.69 Å². The summed E-state index contributed by atoms with van der Waals surface area (Å²) in [6, 6.07) is 9.43. The third-order valence-electron chi connectivity index (χ3n) is 7.16. The van der Waals surface area contributed by atoms with E-state index < -0.39 is 0 Å². The number of hydrogen-bond donors (Lipinski definition) is 2. The fraction of sp³-hybridized carbons (Fsp3) is 0.696. The Labute approximate surface area is 193 Å². The van der Waals surface area contributed by atoms with E-state index in [0.29, 0.717) is 18.1 Å². The van der Waals surface area contributed by atoms with E-state index in [1.807, 2.05) is 7.05 Å². The van der Waals surface area contributed by atoms with E-state index in [-0.39, 0.29) is 29.4 Å². The molecule has 0 spiro atoms. The number of benzene rings is 1. The summed E-state index contributed by atoms with van der Waals surface area (Å²) in [5.41, 5.74) is 2.79. The molecule has 2 heterocycles. The Kier molecular flexibility index (Phi) is 7.36. The molecule has 29 heavy (non-hydrogen) atoms. The molecule has 1 saturated carbocycles. The summed E-state index contributed by atoms with van der Waals surface area (Å²) >= 11 is 0. The first-order valence-electron chi connectivity index (χ1n) is 10.9. The molecule has 1 aromatic carbocycles. The van der Waals surface area contributed by atoms with E-state index in [2.05, 4.69) is 65.6 Å². The van der Waals surface area contributed by atoms with Crippen LogP contribution in [0.5, 0.6) is 0 Å². The summed E-state index contributed by atoms with van der Waals surface area (Å²) < 4.78 is 5.90. The number of anilines is 1. The minimum absolute atomic E-state index is 0. The molecule has 2 aliphatic heterocycles. The molecule has 0 aromatic heterocycles. The Hall–Kier alpha value is -1.02. The predicted octanol–water partition coefficient (Wildman–Crippen LogP) is 4.02. The van der Waals surface area contributed by atoms with Crippen molar-refractivity contribution in [3.05, 3.63) is 29.8 Å². The molecule has 0 radical (unpaired) electrons. The van der Waals surface area contributed by atoms with Crippen molar-refractivity contribution < 1.29 is 4.74 Å². The van der Waals surface area contributed by atoms with Crippen LogP contribution in [0.1, 0.15) is 45.6 Å². The van der Waals surface area contributed by atoms with Crippen LogP contribution in [0.3, 0.4) is 0 Å². The molecule has 3 fully saturated rings. The zero-order valence-corrected chi connectivity index (χ0v) is 20.6. The van der Waals surface area contributed by atoms with Gasteiger partial charge in [0.15, 0.2) is 5.96 Å². The number of fused-ring (bicyclic) bond motifs is 1. The second-order valence-corrected chi connectivity index (χ2v) is 9.45. The van der Waals surface area contributed by atoms with Gasteiger partial charge >= 0.3 is 0 Å². The van der Waals surface area contributed by atoms with Crippen LogP contribution >= 0.6 is 24.0 Å². The molecule has 1 aliphatic carbocycles. The molecule has 0 amide bonds. The highest BCUT2D eigenvalue weighted by Gasteiger charge is 2.59. The van der Waals surface area contributed by atoms with Gasteiger partial charge in [0.05, 0.1) is 6.10 Å². The van der Waals surface area contributed by atoms with Crippen LogP contribution in [0.2, 0.25) is 0 Å². The van der Waals surface area contributed by atoms with Crippen molar-refractivity contribution in [2.45, 2.75) is 58.7 Å². The van der Waals surface area contributed by atoms with Crippen LogP contribution in [0.25, 0.3) is 0 Å². The molecule has 0 bridgehead atoms. The van der Waals surface area contributed by atoms with Crippen LogP contribution in [0, 0.1) is 17.3 Å². The topological polar surface area (TPSA) is 48.9 Å². The van der Waals surface area contributed by atoms with Crippen molar-refractivity contribution in [2.75, 3.05) is 31.6 Å². The van der Waals surface area contributed by atoms with Crippen molar-refractivity contribution in [3.63, 3.8) is 0 Å². The Balaban J connectivity index is 0.00000240. The second kappa shape index (κ2) is 9.41. The predicted molar refractivity (Wildman–Crippen MR) is 131 cm³/mol. The molecule has 6 heteroatoms. The van der Waals surface area contributed by atoms with Crippen molar-refractivity contribution in [1.82, 2.24) is 10.6 Å². The van der Waals surface area contributed by atoms with Crippen molar-refractivity contribution in [3.8, 4) is 0 Å². The average molecular weight is 512 g/mol. The number of nitrogens with one attached hydrogen (secondary N) is 2. The summed E-state index contributed by atoms with van der Waals surface area (Å²) in [4.78, 5) is 6.96. The molecule has 3 unspecified atom stereocenters. The largest absolute Gasteiger partial charge is 0.377 e. The summed E-state index contributed by atoms with van der Waals surface area (Å²) in [7, 11) is 1.85. The molecule has 2 N–H and O–H groups in total. The lowest BCUT2D eigenvalue weighted by molar-refractivity contribution is -0.106. The summed E-state index contributed by atoms with van der Waals surface area (Å²) in [6.45, 7) is 11.0. The first-order chi connectivity index (χ1) is 13.5. The molecule has 4 rings (SSSR count). The Morgan fingerprint density at radius 3 is 2.52 bits per heavy atom. The molecule has 3 aliphatic rings. The highest BCUT2D eigenvalue weighted by molar-refractivity contribution is 14.0. The molecule has 1 aromatic rings. The van der Waals surface area contributed by atoms with E-state index >= 15 is 0 Å². The van der Waals surface area contributed by atoms with E-state index in [1.54, 1.807) is 0 Å². The van der Waals surface area contributed by atoms with Gasteiger partial charge in [-0.2, -0.15) is 0 Å². The highest BCUT2D eigenvalue weighted by Crippen LogP contribution is 2.52. The molecular weight excluding hydrogens is 475 g/mol. The van der Waals surface area contributed by atoms with Gasteiger partial charge in [-0.05, 0) is 42.9 Å². The van der Waals surface area contributed by atoms with E-state index in [1.165, 1.54) is 37.2 Å². The second-order valence-electron chi connectivity index (χ2n) is 9.45. The van der Waals surface area contributed by atoms with E-state index in [0.717, 1.165) is 31.4 Å². The number of guanidine groups is 1. The maximum Gasteiger partial charge on any atom is 0.191 e. The third-order valence-corrected chi connectivity index (χ3v) is 7.16. The van der Waals surface area contributed by atoms with Gasteiger partial charge in [0.25, 0.3) is 0 Å². The zero-order chi connectivity index (χ0) is 19.7. The maximum absolute atomic E-state index is 5.90.